The molecule has 5 heteroatoms. The van der Waals surface area contributed by atoms with Gasteiger partial charge in [0.15, 0.2) is 5.75 Å². The molecule has 0 radical (unpaired) electrons. The third kappa shape index (κ3) is 2.97. The molecule has 1 amide bonds. The number of aryl methyl sites for hydroxylation is 3. The van der Waals surface area contributed by atoms with Crippen LogP contribution in [-0.4, -0.2) is 15.5 Å². The van der Waals surface area contributed by atoms with Crippen molar-refractivity contribution in [2.75, 3.05) is 5.32 Å². The predicted octanol–water partition coefficient (Wildman–Crippen LogP) is 4.60. The number of nitrogens with one attached hydrogen (secondary N) is 1. The third-order valence-electron chi connectivity index (χ3n) is 5.51. The molecular weight excluding hydrogens is 338 g/mol. The first-order chi connectivity index (χ1) is 13.0. The van der Waals surface area contributed by atoms with Crippen LogP contribution in [0, 0.1) is 13.8 Å². The molecule has 0 aliphatic carbocycles. The molecule has 1 aliphatic heterocycles. The molecule has 0 fully saturated rings. The summed E-state index contributed by atoms with van der Waals surface area (Å²) in [5.41, 5.74) is 6.19. The Hall–Kier alpha value is -2.82. The Balaban J connectivity index is 1.85. The lowest BCUT2D eigenvalue weighted by atomic mass is 9.93. The first kappa shape index (κ1) is 17.6. The molecule has 0 saturated heterocycles. The molecule has 1 N–H and O–H groups in total. The maximum atomic E-state index is 12.0. The Morgan fingerprint density at radius 2 is 2.11 bits per heavy atom. The van der Waals surface area contributed by atoms with E-state index in [2.05, 4.69) is 30.4 Å². The Bertz CT molecular complexity index is 1040. The lowest BCUT2D eigenvalue weighted by molar-refractivity contribution is -0.115. The molecule has 4 rings (SSSR count). The average molecular weight is 363 g/mol. The average Bonchev–Trinajstić information content (AvgIpc) is 2.96. The van der Waals surface area contributed by atoms with Crippen molar-refractivity contribution in [3.63, 3.8) is 0 Å². The van der Waals surface area contributed by atoms with Crippen LogP contribution in [-0.2, 0) is 18.3 Å². The number of hydrogen-bond donors (Lipinski definition) is 1. The zero-order valence-electron chi connectivity index (χ0n) is 16.3. The minimum atomic E-state index is 0.00124. The maximum absolute atomic E-state index is 12.0. The lowest BCUT2D eigenvalue weighted by Crippen LogP contribution is -2.19. The van der Waals surface area contributed by atoms with E-state index >= 15 is 0 Å². The Labute approximate surface area is 159 Å². The molecule has 0 unspecified atom stereocenters. The van der Waals surface area contributed by atoms with Crippen LogP contribution in [0.5, 0.6) is 5.75 Å². The number of aromatic nitrogens is 2. The summed E-state index contributed by atoms with van der Waals surface area (Å²) >= 11 is 0. The highest BCUT2D eigenvalue weighted by molar-refractivity contribution is 5.97. The van der Waals surface area contributed by atoms with E-state index < -0.39 is 0 Å². The van der Waals surface area contributed by atoms with Crippen LogP contribution in [0.2, 0.25) is 0 Å². The van der Waals surface area contributed by atoms with Crippen LogP contribution in [0.25, 0.3) is 11.0 Å². The zero-order valence-corrected chi connectivity index (χ0v) is 16.3. The Kier molecular flexibility index (Phi) is 4.38. The summed E-state index contributed by atoms with van der Waals surface area (Å²) in [5, 5.41) is 3.05. The van der Waals surface area contributed by atoms with E-state index in [1.807, 2.05) is 37.6 Å². The quantitative estimate of drug-likeness (QED) is 0.739. The molecule has 2 heterocycles. The molecule has 5 nitrogen and oxygen atoms in total. The number of ether oxygens (including phenoxy) is 1. The smallest absolute Gasteiger partial charge is 0.224 e. The Morgan fingerprint density at radius 1 is 1.33 bits per heavy atom. The molecule has 2 aromatic carbocycles. The number of fused-ring (bicyclic) bond motifs is 3. The van der Waals surface area contributed by atoms with Crippen molar-refractivity contribution >= 4 is 22.6 Å². The standard InChI is InChI=1S/C22H25N3O2/c1-5-20(26)24-17-12-18-21(23-14(3)25(18)4)22-16(17)10-11-19(27-22)15-9-7-6-8-13(15)2/h6-9,12,19H,5,10-11H2,1-4H3,(H,24,26)/t19-/m0/s1. The number of hydrogen-bond acceptors (Lipinski definition) is 3. The fraction of sp³-hybridized carbons (Fsp3) is 0.364. The fourth-order valence-corrected chi connectivity index (χ4v) is 3.82. The summed E-state index contributed by atoms with van der Waals surface area (Å²) in [6, 6.07) is 10.4. The number of anilines is 1. The highest BCUT2D eigenvalue weighted by Crippen LogP contribution is 2.44. The molecule has 0 bridgehead atoms. The van der Waals surface area contributed by atoms with E-state index in [1.165, 1.54) is 11.1 Å². The minimum Gasteiger partial charge on any atom is -0.483 e. The van der Waals surface area contributed by atoms with E-state index in [-0.39, 0.29) is 12.0 Å². The molecule has 0 saturated carbocycles. The third-order valence-corrected chi connectivity index (χ3v) is 5.51. The van der Waals surface area contributed by atoms with Gasteiger partial charge in [-0.3, -0.25) is 4.79 Å². The molecule has 1 aromatic heterocycles. The number of amides is 1. The van der Waals surface area contributed by atoms with E-state index in [0.29, 0.717) is 6.42 Å². The molecule has 1 aliphatic rings. The van der Waals surface area contributed by atoms with Gasteiger partial charge in [-0.2, -0.15) is 0 Å². The highest BCUT2D eigenvalue weighted by Gasteiger charge is 2.28. The van der Waals surface area contributed by atoms with Gasteiger partial charge in [-0.25, -0.2) is 4.98 Å². The van der Waals surface area contributed by atoms with Crippen LogP contribution in [0.1, 0.15) is 48.4 Å². The van der Waals surface area contributed by atoms with Crippen molar-refractivity contribution in [3.8, 4) is 5.75 Å². The van der Waals surface area contributed by atoms with Gasteiger partial charge in [0.1, 0.15) is 17.4 Å². The number of benzene rings is 2. The van der Waals surface area contributed by atoms with Gasteiger partial charge >= 0.3 is 0 Å². The summed E-state index contributed by atoms with van der Waals surface area (Å²) in [7, 11) is 1.99. The highest BCUT2D eigenvalue weighted by atomic mass is 16.5. The second kappa shape index (κ2) is 6.72. The summed E-state index contributed by atoms with van der Waals surface area (Å²) in [5.74, 6) is 1.74. The van der Waals surface area contributed by atoms with Gasteiger partial charge in [0, 0.05) is 24.7 Å². The van der Waals surface area contributed by atoms with Gasteiger partial charge < -0.3 is 14.6 Å². The predicted molar refractivity (Wildman–Crippen MR) is 107 cm³/mol. The van der Waals surface area contributed by atoms with Crippen molar-refractivity contribution in [3.05, 3.63) is 52.8 Å². The fourth-order valence-electron chi connectivity index (χ4n) is 3.82. The lowest BCUT2D eigenvalue weighted by Gasteiger charge is -2.29. The van der Waals surface area contributed by atoms with Gasteiger partial charge in [-0.1, -0.05) is 31.2 Å². The summed E-state index contributed by atoms with van der Waals surface area (Å²) in [4.78, 5) is 16.8. The largest absolute Gasteiger partial charge is 0.483 e. The summed E-state index contributed by atoms with van der Waals surface area (Å²) < 4.78 is 8.55. The van der Waals surface area contributed by atoms with Crippen molar-refractivity contribution in [1.82, 2.24) is 9.55 Å². The van der Waals surface area contributed by atoms with E-state index in [0.717, 1.165) is 46.7 Å². The first-order valence-corrected chi connectivity index (χ1v) is 9.50. The van der Waals surface area contributed by atoms with Gasteiger partial charge in [0.05, 0.1) is 5.52 Å². The second-order valence-corrected chi connectivity index (χ2v) is 7.22. The molecule has 140 valence electrons. The monoisotopic (exact) mass is 363 g/mol. The van der Waals surface area contributed by atoms with Gasteiger partial charge in [0.25, 0.3) is 0 Å². The maximum Gasteiger partial charge on any atom is 0.224 e. The number of rotatable bonds is 3. The summed E-state index contributed by atoms with van der Waals surface area (Å²) in [6.45, 7) is 5.96. The molecule has 1 atom stereocenters. The molecule has 27 heavy (non-hydrogen) atoms. The number of carbonyl (C=O) groups excluding carboxylic acids is 1. The topological polar surface area (TPSA) is 56.2 Å². The number of nitrogens with zero attached hydrogens (tertiary/aromatic N) is 2. The molecule has 0 spiro atoms. The first-order valence-electron chi connectivity index (χ1n) is 9.50. The number of imidazole rings is 1. The second-order valence-electron chi connectivity index (χ2n) is 7.22. The van der Waals surface area contributed by atoms with E-state index in [9.17, 15) is 4.79 Å². The van der Waals surface area contributed by atoms with Crippen LogP contribution < -0.4 is 10.1 Å². The van der Waals surface area contributed by atoms with Crippen molar-refractivity contribution in [2.45, 2.75) is 46.1 Å². The van der Waals surface area contributed by atoms with Crippen molar-refractivity contribution in [1.29, 1.82) is 0 Å². The van der Waals surface area contributed by atoms with Gasteiger partial charge in [-0.15, -0.1) is 0 Å². The summed E-state index contributed by atoms with van der Waals surface area (Å²) in [6.07, 6.45) is 2.18. The molecular formula is C22H25N3O2. The normalized spacial score (nSPS) is 16.1. The van der Waals surface area contributed by atoms with Crippen LogP contribution in [0.3, 0.4) is 0 Å². The SMILES string of the molecule is CCC(=O)Nc1cc2c(nc(C)n2C)c2c1CC[C@@H](c1ccccc1C)O2. The Morgan fingerprint density at radius 3 is 2.85 bits per heavy atom. The van der Waals surface area contributed by atoms with E-state index in [1.54, 1.807) is 0 Å². The minimum absolute atomic E-state index is 0.00124. The van der Waals surface area contributed by atoms with Crippen LogP contribution in [0.15, 0.2) is 30.3 Å². The van der Waals surface area contributed by atoms with Crippen LogP contribution >= 0.6 is 0 Å². The zero-order chi connectivity index (χ0) is 19.1. The van der Waals surface area contributed by atoms with Gasteiger partial charge in [0.2, 0.25) is 5.91 Å². The van der Waals surface area contributed by atoms with Crippen LogP contribution in [0.4, 0.5) is 5.69 Å². The molecule has 3 aromatic rings. The van der Waals surface area contributed by atoms with E-state index in [4.69, 9.17) is 9.72 Å². The van der Waals surface area contributed by atoms with Crippen molar-refractivity contribution < 1.29 is 9.53 Å². The van der Waals surface area contributed by atoms with Gasteiger partial charge in [-0.05, 0) is 43.9 Å². The number of carbonyl (C=O) groups is 1. The van der Waals surface area contributed by atoms with Crippen molar-refractivity contribution in [2.24, 2.45) is 7.05 Å².